The third kappa shape index (κ3) is 8.52. The van der Waals surface area contributed by atoms with Crippen LogP contribution in [-0.2, 0) is 0 Å². The van der Waals surface area contributed by atoms with Gasteiger partial charge in [-0.1, -0.05) is 33.6 Å². The van der Waals surface area contributed by atoms with Crippen molar-refractivity contribution < 1.29 is 0 Å². The highest BCUT2D eigenvalue weighted by molar-refractivity contribution is 4.78. The van der Waals surface area contributed by atoms with E-state index in [0.29, 0.717) is 0 Å². The molecule has 0 rings (SSSR count). The van der Waals surface area contributed by atoms with Gasteiger partial charge in [-0.15, -0.1) is 0 Å². The predicted molar refractivity (Wildman–Crippen MR) is 64.4 cm³/mol. The van der Waals surface area contributed by atoms with Gasteiger partial charge in [0.2, 0.25) is 0 Å². The highest BCUT2D eigenvalue weighted by Crippen LogP contribution is 2.06. The van der Waals surface area contributed by atoms with Gasteiger partial charge >= 0.3 is 0 Å². The number of hydrogen-bond donors (Lipinski definition) is 2. The number of nitrogens with two attached hydrogens (primary N) is 1. The lowest BCUT2D eigenvalue weighted by atomic mass is 10.0. The minimum Gasteiger partial charge on any atom is -0.324 e. The molecule has 0 saturated carbocycles. The monoisotopic (exact) mass is 200 g/mol. The van der Waals surface area contributed by atoms with Crippen LogP contribution in [0.4, 0.5) is 0 Å². The summed E-state index contributed by atoms with van der Waals surface area (Å²) in [5, 5.41) is 3.43. The van der Waals surface area contributed by atoms with Crippen LogP contribution in [0.1, 0.15) is 53.4 Å². The van der Waals surface area contributed by atoms with Crippen molar-refractivity contribution in [2.24, 2.45) is 11.7 Å². The van der Waals surface area contributed by atoms with Crippen molar-refractivity contribution in [1.82, 2.24) is 5.32 Å². The topological polar surface area (TPSA) is 38.0 Å². The molecule has 1 unspecified atom stereocenters. The summed E-state index contributed by atoms with van der Waals surface area (Å²) in [5.41, 5.74) is 5.99. The summed E-state index contributed by atoms with van der Waals surface area (Å²) in [6.45, 7) is 10.8. The lowest BCUT2D eigenvalue weighted by molar-refractivity contribution is 0.410. The molecule has 0 aromatic heterocycles. The molecule has 0 saturated heterocycles. The number of rotatable bonds is 8. The van der Waals surface area contributed by atoms with Crippen LogP contribution >= 0.6 is 0 Å². The minimum absolute atomic E-state index is 0.0297. The van der Waals surface area contributed by atoms with E-state index in [-0.39, 0.29) is 5.54 Å². The van der Waals surface area contributed by atoms with Crippen molar-refractivity contribution in [1.29, 1.82) is 0 Å². The molecule has 0 radical (unpaired) electrons. The van der Waals surface area contributed by atoms with Gasteiger partial charge < -0.3 is 11.1 Å². The van der Waals surface area contributed by atoms with Crippen LogP contribution in [0, 0.1) is 5.92 Å². The Morgan fingerprint density at radius 2 is 1.93 bits per heavy atom. The Balaban J connectivity index is 3.21. The summed E-state index contributed by atoms with van der Waals surface area (Å²) >= 11 is 0. The zero-order valence-corrected chi connectivity index (χ0v) is 10.4. The van der Waals surface area contributed by atoms with Gasteiger partial charge in [-0.2, -0.15) is 0 Å². The average molecular weight is 200 g/mol. The molecule has 0 aliphatic carbocycles. The number of hydrogen-bond acceptors (Lipinski definition) is 2. The summed E-state index contributed by atoms with van der Waals surface area (Å²) in [5.74, 6) is 0.838. The lowest BCUT2D eigenvalue weighted by Gasteiger charge is -2.23. The molecule has 0 bridgehead atoms. The molecule has 2 nitrogen and oxygen atoms in total. The van der Waals surface area contributed by atoms with Gasteiger partial charge in [-0.3, -0.25) is 0 Å². The van der Waals surface area contributed by atoms with Crippen LogP contribution in [0.3, 0.4) is 0 Å². The standard InChI is InChI=1S/C12H28N2/c1-5-12(4,13)10-14-9-7-6-8-11(2)3/h11,14H,5-10,13H2,1-4H3. The molecule has 86 valence electrons. The summed E-state index contributed by atoms with van der Waals surface area (Å²) in [6, 6.07) is 0. The summed E-state index contributed by atoms with van der Waals surface area (Å²) < 4.78 is 0. The van der Waals surface area contributed by atoms with Crippen molar-refractivity contribution in [2.45, 2.75) is 58.9 Å². The molecule has 0 heterocycles. The maximum absolute atomic E-state index is 6.02. The molecule has 1 atom stereocenters. The largest absolute Gasteiger partial charge is 0.324 e. The zero-order chi connectivity index (χ0) is 11.0. The number of unbranched alkanes of at least 4 members (excludes halogenated alkanes) is 1. The van der Waals surface area contributed by atoms with Gasteiger partial charge in [0, 0.05) is 12.1 Å². The third-order valence-electron chi connectivity index (χ3n) is 2.72. The van der Waals surface area contributed by atoms with E-state index >= 15 is 0 Å². The zero-order valence-electron chi connectivity index (χ0n) is 10.4. The minimum atomic E-state index is -0.0297. The highest BCUT2D eigenvalue weighted by Gasteiger charge is 2.13. The highest BCUT2D eigenvalue weighted by atomic mass is 14.9. The van der Waals surface area contributed by atoms with Crippen molar-refractivity contribution >= 4 is 0 Å². The Labute approximate surface area is 89.6 Å². The summed E-state index contributed by atoms with van der Waals surface area (Å²) in [6.07, 6.45) is 4.98. The van der Waals surface area contributed by atoms with E-state index in [4.69, 9.17) is 5.73 Å². The molecular formula is C12H28N2. The molecule has 0 aliphatic rings. The molecule has 0 amide bonds. The second-order valence-corrected chi connectivity index (χ2v) is 5.07. The van der Waals surface area contributed by atoms with Crippen molar-refractivity contribution in [3.8, 4) is 0 Å². The van der Waals surface area contributed by atoms with Gasteiger partial charge in [0.1, 0.15) is 0 Å². The fourth-order valence-electron chi connectivity index (χ4n) is 1.30. The SMILES string of the molecule is CCC(C)(N)CNCCCCC(C)C. The molecule has 0 fully saturated rings. The van der Waals surface area contributed by atoms with E-state index in [0.717, 1.165) is 25.4 Å². The van der Waals surface area contributed by atoms with E-state index in [1.165, 1.54) is 19.3 Å². The third-order valence-corrected chi connectivity index (χ3v) is 2.72. The van der Waals surface area contributed by atoms with E-state index in [2.05, 4.69) is 33.0 Å². The van der Waals surface area contributed by atoms with Crippen molar-refractivity contribution in [3.63, 3.8) is 0 Å². The van der Waals surface area contributed by atoms with Crippen LogP contribution in [-0.4, -0.2) is 18.6 Å². The Hall–Kier alpha value is -0.0800. The van der Waals surface area contributed by atoms with Gasteiger partial charge in [0.05, 0.1) is 0 Å². The first-order valence-corrected chi connectivity index (χ1v) is 5.97. The van der Waals surface area contributed by atoms with Crippen LogP contribution in [0.15, 0.2) is 0 Å². The van der Waals surface area contributed by atoms with Crippen LogP contribution < -0.4 is 11.1 Å². The van der Waals surface area contributed by atoms with E-state index in [1.54, 1.807) is 0 Å². The van der Waals surface area contributed by atoms with E-state index < -0.39 is 0 Å². The summed E-state index contributed by atoms with van der Waals surface area (Å²) in [4.78, 5) is 0. The molecule has 14 heavy (non-hydrogen) atoms. The second kappa shape index (κ2) is 7.24. The molecule has 3 N–H and O–H groups in total. The van der Waals surface area contributed by atoms with Crippen LogP contribution in [0.2, 0.25) is 0 Å². The molecular weight excluding hydrogens is 172 g/mol. The molecule has 0 aromatic rings. The number of nitrogens with one attached hydrogen (secondary N) is 1. The first-order chi connectivity index (χ1) is 6.48. The Kier molecular flexibility index (Phi) is 7.20. The fraction of sp³-hybridized carbons (Fsp3) is 1.00. The molecule has 0 spiro atoms. The van der Waals surface area contributed by atoms with Crippen molar-refractivity contribution in [2.75, 3.05) is 13.1 Å². The predicted octanol–water partition coefficient (Wildman–Crippen LogP) is 2.53. The van der Waals surface area contributed by atoms with Gasteiger partial charge in [-0.05, 0) is 32.2 Å². The lowest BCUT2D eigenvalue weighted by Crippen LogP contribution is -2.45. The van der Waals surface area contributed by atoms with Crippen LogP contribution in [0.5, 0.6) is 0 Å². The molecule has 2 heteroatoms. The van der Waals surface area contributed by atoms with Gasteiger partial charge in [0.25, 0.3) is 0 Å². The summed E-state index contributed by atoms with van der Waals surface area (Å²) in [7, 11) is 0. The van der Waals surface area contributed by atoms with E-state index in [1.807, 2.05) is 0 Å². The molecule has 0 aliphatic heterocycles. The molecule has 0 aromatic carbocycles. The Morgan fingerprint density at radius 1 is 1.29 bits per heavy atom. The fourth-order valence-corrected chi connectivity index (χ4v) is 1.30. The maximum Gasteiger partial charge on any atom is 0.0249 e. The average Bonchev–Trinajstić information content (AvgIpc) is 2.10. The maximum atomic E-state index is 6.02. The van der Waals surface area contributed by atoms with Crippen molar-refractivity contribution in [3.05, 3.63) is 0 Å². The quantitative estimate of drug-likeness (QED) is 0.591. The Bertz CT molecular complexity index is 130. The first-order valence-electron chi connectivity index (χ1n) is 5.97. The Morgan fingerprint density at radius 3 is 2.43 bits per heavy atom. The normalized spacial score (nSPS) is 15.9. The van der Waals surface area contributed by atoms with E-state index in [9.17, 15) is 0 Å². The first kappa shape index (κ1) is 13.9. The van der Waals surface area contributed by atoms with Gasteiger partial charge in [0.15, 0.2) is 0 Å². The van der Waals surface area contributed by atoms with Crippen LogP contribution in [0.25, 0.3) is 0 Å². The smallest absolute Gasteiger partial charge is 0.0249 e. The van der Waals surface area contributed by atoms with Gasteiger partial charge in [-0.25, -0.2) is 0 Å². The second-order valence-electron chi connectivity index (χ2n) is 5.07.